The van der Waals surface area contributed by atoms with E-state index in [1.54, 1.807) is 0 Å². The molecule has 0 rings (SSSR count). The highest BCUT2D eigenvalue weighted by molar-refractivity contribution is 5.78. The van der Waals surface area contributed by atoms with Gasteiger partial charge >= 0.3 is 11.9 Å². The van der Waals surface area contributed by atoms with E-state index >= 15 is 0 Å². The fraction of sp³-hybridized carbons (Fsp3) is 0.939. The van der Waals surface area contributed by atoms with Crippen molar-refractivity contribution in [3.05, 3.63) is 0 Å². The summed E-state index contributed by atoms with van der Waals surface area (Å²) in [6, 6.07) is 0. The second-order valence-electron chi connectivity index (χ2n) is 17.4. The molecule has 0 aliphatic carbocycles. The minimum Gasteiger partial charge on any atom is -0.460 e. The Balaban J connectivity index is 6.12. The second-order valence-corrected chi connectivity index (χ2v) is 17.4. The van der Waals surface area contributed by atoms with Crippen molar-refractivity contribution >= 4 is 11.9 Å². The van der Waals surface area contributed by atoms with Crippen molar-refractivity contribution in [3.8, 4) is 0 Å². The van der Waals surface area contributed by atoms with Gasteiger partial charge in [-0.25, -0.2) is 0 Å². The maximum Gasteiger partial charge on any atom is 0.312 e. The van der Waals surface area contributed by atoms with Crippen LogP contribution in [0.5, 0.6) is 0 Å². The third kappa shape index (κ3) is 10.2. The first-order chi connectivity index (χ1) is 15.9. The second kappa shape index (κ2) is 11.2. The Bertz CT molecular complexity index is 783. The average Bonchev–Trinajstić information content (AvgIpc) is 2.62. The molecule has 0 N–H and O–H groups in total. The molecular weight excluding hydrogens is 460 g/mol. The molecule has 0 spiro atoms. The highest BCUT2D eigenvalue weighted by Crippen LogP contribution is 2.54. The van der Waals surface area contributed by atoms with Crippen LogP contribution in [0.25, 0.3) is 0 Å². The SMILES string of the molecule is CCC(C)(C)OC(=O)C(C)(CC(C)(C)CCC(C)(C)C(C)(CC(C)(C)C)C(=O)OC(C)(C)C)C(C)(C)C. The number of ether oxygens (including phenoxy) is 2. The third-order valence-electron chi connectivity index (χ3n) is 8.81. The smallest absolute Gasteiger partial charge is 0.312 e. The Morgan fingerprint density at radius 2 is 1.00 bits per heavy atom. The van der Waals surface area contributed by atoms with Crippen LogP contribution in [0.4, 0.5) is 0 Å². The molecule has 0 radical (unpaired) electrons. The Hall–Kier alpha value is -1.06. The molecule has 0 aliphatic rings. The van der Waals surface area contributed by atoms with Gasteiger partial charge in [-0.3, -0.25) is 9.59 Å². The monoisotopic (exact) mass is 524 g/mol. The molecule has 220 valence electrons. The largest absolute Gasteiger partial charge is 0.460 e. The summed E-state index contributed by atoms with van der Waals surface area (Å²) in [5.41, 5.74) is -3.05. The zero-order chi connectivity index (χ0) is 30.1. The van der Waals surface area contributed by atoms with Crippen molar-refractivity contribution < 1.29 is 19.1 Å². The van der Waals surface area contributed by atoms with Gasteiger partial charge in [-0.2, -0.15) is 0 Å². The summed E-state index contributed by atoms with van der Waals surface area (Å²) in [6.45, 7) is 37.9. The molecule has 0 aromatic rings. The summed E-state index contributed by atoms with van der Waals surface area (Å²) in [5.74, 6) is -0.242. The molecule has 2 atom stereocenters. The minimum absolute atomic E-state index is 0.0287. The van der Waals surface area contributed by atoms with Crippen molar-refractivity contribution in [2.24, 2.45) is 32.5 Å². The Labute approximate surface area is 231 Å². The van der Waals surface area contributed by atoms with Gasteiger partial charge in [0.15, 0.2) is 0 Å². The average molecular weight is 525 g/mol. The van der Waals surface area contributed by atoms with Gasteiger partial charge in [-0.1, -0.05) is 76.2 Å². The zero-order valence-electron chi connectivity index (χ0n) is 28.2. The maximum absolute atomic E-state index is 13.7. The topological polar surface area (TPSA) is 52.6 Å². The van der Waals surface area contributed by atoms with Gasteiger partial charge in [0.2, 0.25) is 0 Å². The molecule has 0 fully saturated rings. The predicted octanol–water partition coefficient (Wildman–Crippen LogP) is 9.78. The van der Waals surface area contributed by atoms with Crippen LogP contribution in [0.2, 0.25) is 0 Å². The fourth-order valence-corrected chi connectivity index (χ4v) is 5.09. The molecular formula is C33H64O4. The van der Waals surface area contributed by atoms with Gasteiger partial charge in [0.05, 0.1) is 10.8 Å². The van der Waals surface area contributed by atoms with Gasteiger partial charge < -0.3 is 9.47 Å². The third-order valence-corrected chi connectivity index (χ3v) is 8.81. The molecule has 0 aromatic carbocycles. The molecule has 0 aromatic heterocycles. The highest BCUT2D eigenvalue weighted by atomic mass is 16.6. The van der Waals surface area contributed by atoms with E-state index in [1.807, 2.05) is 41.5 Å². The fourth-order valence-electron chi connectivity index (χ4n) is 5.09. The summed E-state index contributed by atoms with van der Waals surface area (Å²) < 4.78 is 12.0. The van der Waals surface area contributed by atoms with E-state index in [1.165, 1.54) is 0 Å². The lowest BCUT2D eigenvalue weighted by molar-refractivity contribution is -0.179. The first-order valence-corrected chi connectivity index (χ1v) is 14.4. The van der Waals surface area contributed by atoms with E-state index in [4.69, 9.17) is 9.47 Å². The lowest BCUT2D eigenvalue weighted by Crippen LogP contribution is -2.49. The lowest BCUT2D eigenvalue weighted by Gasteiger charge is -2.49. The van der Waals surface area contributed by atoms with E-state index in [-0.39, 0.29) is 33.6 Å². The standard InChI is InChI=1S/C33H64O4/c1-19-31(15,16)37-24(34)32(17,27(5,6)7)23-29(11,12)20-21-30(13,14)33(18,22-26(2,3)4)25(35)36-28(8,9)10/h19-23H2,1-18H3. The Kier molecular flexibility index (Phi) is 10.9. The van der Waals surface area contributed by atoms with Gasteiger partial charge in [-0.15, -0.1) is 0 Å². The van der Waals surface area contributed by atoms with E-state index in [9.17, 15) is 9.59 Å². The van der Waals surface area contributed by atoms with Gasteiger partial charge in [0.25, 0.3) is 0 Å². The van der Waals surface area contributed by atoms with Crippen LogP contribution in [0.3, 0.4) is 0 Å². The van der Waals surface area contributed by atoms with Crippen LogP contribution in [-0.2, 0) is 19.1 Å². The summed E-state index contributed by atoms with van der Waals surface area (Å²) in [7, 11) is 0. The van der Waals surface area contributed by atoms with E-state index in [2.05, 4.69) is 83.1 Å². The summed E-state index contributed by atoms with van der Waals surface area (Å²) in [4.78, 5) is 27.3. The van der Waals surface area contributed by atoms with Crippen LogP contribution in [0.1, 0.15) is 157 Å². The van der Waals surface area contributed by atoms with E-state index in [0.29, 0.717) is 6.42 Å². The number of hydrogen-bond donors (Lipinski definition) is 0. The minimum atomic E-state index is -0.647. The van der Waals surface area contributed by atoms with E-state index in [0.717, 1.165) is 25.7 Å². The van der Waals surface area contributed by atoms with Crippen molar-refractivity contribution in [1.29, 1.82) is 0 Å². The van der Waals surface area contributed by atoms with Crippen molar-refractivity contribution in [1.82, 2.24) is 0 Å². The zero-order valence-corrected chi connectivity index (χ0v) is 28.2. The highest BCUT2D eigenvalue weighted by Gasteiger charge is 2.53. The number of esters is 2. The maximum atomic E-state index is 13.7. The molecule has 0 aliphatic heterocycles. The van der Waals surface area contributed by atoms with E-state index < -0.39 is 22.0 Å². The molecule has 4 nitrogen and oxygen atoms in total. The normalized spacial score (nSPS) is 17.6. The molecule has 0 bridgehead atoms. The van der Waals surface area contributed by atoms with Crippen molar-refractivity contribution in [2.75, 3.05) is 0 Å². The van der Waals surface area contributed by atoms with Crippen LogP contribution in [0, 0.1) is 32.5 Å². The van der Waals surface area contributed by atoms with Crippen LogP contribution < -0.4 is 0 Å². The lowest BCUT2D eigenvalue weighted by atomic mass is 9.56. The van der Waals surface area contributed by atoms with Crippen LogP contribution >= 0.6 is 0 Å². The molecule has 0 amide bonds. The molecule has 0 saturated heterocycles. The number of rotatable bonds is 11. The quantitative estimate of drug-likeness (QED) is 0.252. The Morgan fingerprint density at radius 1 is 0.568 bits per heavy atom. The van der Waals surface area contributed by atoms with Gasteiger partial charge in [-0.05, 0) is 102 Å². The first-order valence-electron chi connectivity index (χ1n) is 14.4. The molecule has 0 heterocycles. The van der Waals surface area contributed by atoms with Crippen LogP contribution in [-0.4, -0.2) is 23.1 Å². The molecule has 37 heavy (non-hydrogen) atoms. The van der Waals surface area contributed by atoms with Crippen molar-refractivity contribution in [3.63, 3.8) is 0 Å². The predicted molar refractivity (Wildman–Crippen MR) is 157 cm³/mol. The number of hydrogen-bond acceptors (Lipinski definition) is 4. The summed E-state index contributed by atoms with van der Waals surface area (Å²) in [5, 5.41) is 0. The molecule has 0 saturated carbocycles. The van der Waals surface area contributed by atoms with Crippen molar-refractivity contribution in [2.45, 2.75) is 168 Å². The number of carbonyl (C=O) groups is 2. The summed E-state index contributed by atoms with van der Waals surface area (Å²) >= 11 is 0. The van der Waals surface area contributed by atoms with Crippen LogP contribution in [0.15, 0.2) is 0 Å². The molecule has 4 heteroatoms. The molecule has 2 unspecified atom stereocenters. The summed E-state index contributed by atoms with van der Waals surface area (Å²) in [6.07, 6.45) is 3.95. The first kappa shape index (κ1) is 35.9. The Morgan fingerprint density at radius 3 is 1.35 bits per heavy atom. The van der Waals surface area contributed by atoms with Gasteiger partial charge in [0.1, 0.15) is 11.2 Å². The number of carbonyl (C=O) groups excluding carboxylic acids is 2. The van der Waals surface area contributed by atoms with Gasteiger partial charge in [0, 0.05) is 0 Å².